The minimum Gasteiger partial charge on any atom is -0.476 e. The van der Waals surface area contributed by atoms with Gasteiger partial charge in [0.2, 0.25) is 5.88 Å². The highest BCUT2D eigenvalue weighted by molar-refractivity contribution is 6.29. The second-order valence-corrected chi connectivity index (χ2v) is 6.81. The molecule has 0 N–H and O–H groups in total. The quantitative estimate of drug-likeness (QED) is 0.833. The van der Waals surface area contributed by atoms with Crippen LogP contribution in [-0.2, 0) is 0 Å². The molecule has 1 fully saturated rings. The number of halogens is 1. The first-order valence-corrected chi connectivity index (χ1v) is 7.13. The van der Waals surface area contributed by atoms with E-state index in [0.717, 1.165) is 13.1 Å². The molecule has 1 saturated heterocycles. The van der Waals surface area contributed by atoms with Crippen molar-refractivity contribution in [3.63, 3.8) is 0 Å². The predicted molar refractivity (Wildman–Crippen MR) is 76.5 cm³/mol. The molecule has 19 heavy (non-hydrogen) atoms. The molecule has 0 spiro atoms. The van der Waals surface area contributed by atoms with Crippen LogP contribution < -0.4 is 4.74 Å². The Morgan fingerprint density at radius 3 is 2.74 bits per heavy atom. The van der Waals surface area contributed by atoms with Gasteiger partial charge in [0, 0.05) is 19.0 Å². The van der Waals surface area contributed by atoms with Crippen LogP contribution in [0.25, 0.3) is 0 Å². The van der Waals surface area contributed by atoms with Crippen molar-refractivity contribution in [2.75, 3.05) is 26.2 Å². The van der Waals surface area contributed by atoms with Crippen LogP contribution in [0.3, 0.4) is 0 Å². The Bertz CT molecular complexity index is 413. The fourth-order valence-corrected chi connectivity index (χ4v) is 2.20. The van der Waals surface area contributed by atoms with Gasteiger partial charge < -0.3 is 9.64 Å². The van der Waals surface area contributed by atoms with Crippen LogP contribution >= 0.6 is 11.6 Å². The normalized spacial score (nSPS) is 17.3. The molecular weight excluding hydrogens is 262 g/mol. The van der Waals surface area contributed by atoms with Gasteiger partial charge in [0.25, 0.3) is 0 Å². The Morgan fingerprint density at radius 1 is 1.37 bits per heavy atom. The Kier molecular flexibility index (Phi) is 4.63. The number of hydrogen-bond donors (Lipinski definition) is 0. The minimum absolute atomic E-state index is 0.373. The maximum Gasteiger partial charge on any atom is 0.233 e. The van der Waals surface area contributed by atoms with Crippen LogP contribution in [0.5, 0.6) is 5.88 Å². The van der Waals surface area contributed by atoms with E-state index in [4.69, 9.17) is 16.3 Å². The van der Waals surface area contributed by atoms with Crippen molar-refractivity contribution in [2.24, 2.45) is 11.3 Å². The van der Waals surface area contributed by atoms with E-state index >= 15 is 0 Å². The summed E-state index contributed by atoms with van der Waals surface area (Å²) >= 11 is 5.75. The fourth-order valence-electron chi connectivity index (χ4n) is 2.06. The van der Waals surface area contributed by atoms with Crippen LogP contribution in [0, 0.1) is 11.3 Å². The molecule has 1 aromatic heterocycles. The standard InChI is InChI=1S/C14H22ClN3O/c1-14(2,3)4-5-18-8-11(9-18)10-19-13-7-16-6-12(15)17-13/h6-7,11H,4-5,8-10H2,1-3H3. The molecule has 0 amide bonds. The molecule has 0 aromatic carbocycles. The average molecular weight is 284 g/mol. The molecule has 1 aromatic rings. The minimum atomic E-state index is 0.373. The lowest BCUT2D eigenvalue weighted by atomic mass is 9.90. The summed E-state index contributed by atoms with van der Waals surface area (Å²) in [7, 11) is 0. The molecule has 2 rings (SSSR count). The molecule has 0 atom stereocenters. The van der Waals surface area contributed by atoms with Crippen molar-refractivity contribution in [1.29, 1.82) is 0 Å². The van der Waals surface area contributed by atoms with Gasteiger partial charge in [-0.25, -0.2) is 0 Å². The molecule has 2 heterocycles. The summed E-state index contributed by atoms with van der Waals surface area (Å²) in [6.07, 6.45) is 4.34. The highest BCUT2D eigenvalue weighted by Crippen LogP contribution is 2.23. The van der Waals surface area contributed by atoms with Crippen LogP contribution in [0.15, 0.2) is 12.4 Å². The van der Waals surface area contributed by atoms with Gasteiger partial charge in [-0.1, -0.05) is 32.4 Å². The molecule has 0 radical (unpaired) electrons. The van der Waals surface area contributed by atoms with Gasteiger partial charge in [-0.15, -0.1) is 0 Å². The molecule has 106 valence electrons. The van der Waals surface area contributed by atoms with Crippen molar-refractivity contribution in [3.8, 4) is 5.88 Å². The summed E-state index contributed by atoms with van der Waals surface area (Å²) in [4.78, 5) is 10.5. The third-order valence-electron chi connectivity index (χ3n) is 3.26. The van der Waals surface area contributed by atoms with E-state index in [0.29, 0.717) is 29.0 Å². The first kappa shape index (κ1) is 14.5. The summed E-state index contributed by atoms with van der Waals surface area (Å²) in [6.45, 7) is 11.0. The number of ether oxygens (including phenoxy) is 1. The van der Waals surface area contributed by atoms with Gasteiger partial charge >= 0.3 is 0 Å². The smallest absolute Gasteiger partial charge is 0.233 e. The monoisotopic (exact) mass is 283 g/mol. The fraction of sp³-hybridized carbons (Fsp3) is 0.714. The molecule has 0 aliphatic carbocycles. The van der Waals surface area contributed by atoms with Crippen LogP contribution in [0.1, 0.15) is 27.2 Å². The Hall–Kier alpha value is -0.870. The molecule has 0 saturated carbocycles. The first-order valence-electron chi connectivity index (χ1n) is 6.75. The van der Waals surface area contributed by atoms with E-state index in [1.165, 1.54) is 19.2 Å². The molecule has 1 aliphatic rings. The molecule has 0 bridgehead atoms. The SMILES string of the molecule is CC(C)(C)CCN1CC(COc2cncc(Cl)n2)C1. The van der Waals surface area contributed by atoms with Gasteiger partial charge in [0.1, 0.15) is 0 Å². The van der Waals surface area contributed by atoms with E-state index in [-0.39, 0.29) is 0 Å². The molecule has 1 aliphatic heterocycles. The highest BCUT2D eigenvalue weighted by Gasteiger charge is 2.28. The lowest BCUT2D eigenvalue weighted by molar-refractivity contribution is 0.0521. The van der Waals surface area contributed by atoms with Crippen LogP contribution in [-0.4, -0.2) is 41.1 Å². The number of rotatable bonds is 5. The zero-order chi connectivity index (χ0) is 13.9. The third kappa shape index (κ3) is 4.96. The van der Waals surface area contributed by atoms with E-state index in [2.05, 4.69) is 35.6 Å². The molecule has 0 unspecified atom stereocenters. The zero-order valence-electron chi connectivity index (χ0n) is 11.9. The maximum atomic E-state index is 5.75. The largest absolute Gasteiger partial charge is 0.476 e. The average Bonchev–Trinajstić information content (AvgIpc) is 2.25. The molecule has 5 heteroatoms. The third-order valence-corrected chi connectivity index (χ3v) is 3.44. The number of hydrogen-bond acceptors (Lipinski definition) is 4. The summed E-state index contributed by atoms with van der Waals surface area (Å²) in [5.74, 6) is 1.11. The van der Waals surface area contributed by atoms with Crippen molar-refractivity contribution < 1.29 is 4.74 Å². The van der Waals surface area contributed by atoms with Gasteiger partial charge in [-0.05, 0) is 18.4 Å². The van der Waals surface area contributed by atoms with Gasteiger partial charge in [0.15, 0.2) is 5.15 Å². The molecule has 4 nitrogen and oxygen atoms in total. The summed E-state index contributed by atoms with van der Waals surface area (Å²) in [6, 6.07) is 0. The zero-order valence-corrected chi connectivity index (χ0v) is 12.7. The van der Waals surface area contributed by atoms with Gasteiger partial charge in [-0.2, -0.15) is 4.98 Å². The number of likely N-dealkylation sites (tertiary alicyclic amines) is 1. The summed E-state index contributed by atoms with van der Waals surface area (Å²) in [5, 5.41) is 0.373. The second kappa shape index (κ2) is 6.06. The van der Waals surface area contributed by atoms with Crippen molar-refractivity contribution in [1.82, 2.24) is 14.9 Å². The Morgan fingerprint density at radius 2 is 2.11 bits per heavy atom. The molecular formula is C14H22ClN3O. The second-order valence-electron chi connectivity index (χ2n) is 6.43. The first-order chi connectivity index (χ1) is 8.92. The van der Waals surface area contributed by atoms with Gasteiger partial charge in [0.05, 0.1) is 19.0 Å². The van der Waals surface area contributed by atoms with Gasteiger partial charge in [-0.3, -0.25) is 4.98 Å². The van der Waals surface area contributed by atoms with E-state index < -0.39 is 0 Å². The maximum absolute atomic E-state index is 5.75. The highest BCUT2D eigenvalue weighted by atomic mass is 35.5. The van der Waals surface area contributed by atoms with Crippen LogP contribution in [0.4, 0.5) is 0 Å². The summed E-state index contributed by atoms with van der Waals surface area (Å²) < 4.78 is 5.60. The Labute approximate surface area is 120 Å². The van der Waals surface area contributed by atoms with Crippen LogP contribution in [0.2, 0.25) is 5.15 Å². The summed E-state index contributed by atoms with van der Waals surface area (Å²) in [5.41, 5.74) is 0.415. The van der Waals surface area contributed by atoms with Crippen molar-refractivity contribution in [3.05, 3.63) is 17.5 Å². The van der Waals surface area contributed by atoms with Crippen molar-refractivity contribution in [2.45, 2.75) is 27.2 Å². The van der Waals surface area contributed by atoms with Crippen molar-refractivity contribution >= 4 is 11.6 Å². The number of aromatic nitrogens is 2. The Balaban J connectivity index is 1.63. The lowest BCUT2D eigenvalue weighted by Gasteiger charge is -2.40. The topological polar surface area (TPSA) is 38.2 Å². The van der Waals surface area contributed by atoms with E-state index in [1.807, 2.05) is 0 Å². The number of nitrogens with zero attached hydrogens (tertiary/aromatic N) is 3. The predicted octanol–water partition coefficient (Wildman–Crippen LogP) is 2.88. The van der Waals surface area contributed by atoms with E-state index in [1.54, 1.807) is 6.20 Å². The lowest BCUT2D eigenvalue weighted by Crippen LogP contribution is -2.49. The van der Waals surface area contributed by atoms with E-state index in [9.17, 15) is 0 Å².